The quantitative estimate of drug-likeness (QED) is 0.371. The number of para-hydroxylation sites is 1. The lowest BCUT2D eigenvalue weighted by molar-refractivity contribution is 0.0747. The van der Waals surface area contributed by atoms with Crippen LogP contribution >= 0.6 is 0 Å². The Hall–Kier alpha value is -2.58. The first-order valence-corrected chi connectivity index (χ1v) is 11.2. The van der Waals surface area contributed by atoms with Crippen molar-refractivity contribution < 1.29 is 9.47 Å². The fourth-order valence-corrected chi connectivity index (χ4v) is 3.99. The smallest absolute Gasteiger partial charge is 0.127 e. The highest BCUT2D eigenvalue weighted by molar-refractivity contribution is 5.39. The summed E-state index contributed by atoms with van der Waals surface area (Å²) in [7, 11) is 0. The molecule has 3 aromatic carbocycles. The summed E-state index contributed by atoms with van der Waals surface area (Å²) in [6.45, 7) is 14.8. The average molecular weight is 417 g/mol. The maximum Gasteiger partial charge on any atom is 0.127 e. The molecular formula is C29H36O2. The van der Waals surface area contributed by atoms with Gasteiger partial charge in [0.2, 0.25) is 0 Å². The lowest BCUT2D eigenvalue weighted by Gasteiger charge is -2.31. The van der Waals surface area contributed by atoms with Crippen LogP contribution in [-0.4, -0.2) is 6.61 Å². The minimum absolute atomic E-state index is 0.0146. The van der Waals surface area contributed by atoms with E-state index in [1.807, 2.05) is 42.5 Å². The van der Waals surface area contributed by atoms with Gasteiger partial charge < -0.3 is 9.47 Å². The van der Waals surface area contributed by atoms with Crippen LogP contribution in [0.3, 0.4) is 0 Å². The highest BCUT2D eigenvalue weighted by Gasteiger charge is 2.26. The molecule has 0 spiro atoms. The summed E-state index contributed by atoms with van der Waals surface area (Å²) in [6, 6.07) is 24.9. The van der Waals surface area contributed by atoms with Crippen molar-refractivity contribution in [2.45, 2.75) is 65.4 Å². The topological polar surface area (TPSA) is 18.5 Å². The monoisotopic (exact) mass is 416 g/mol. The molecule has 0 heterocycles. The van der Waals surface area contributed by atoms with Crippen LogP contribution in [0.1, 0.15) is 63.3 Å². The van der Waals surface area contributed by atoms with Crippen molar-refractivity contribution in [2.24, 2.45) is 0 Å². The molecule has 31 heavy (non-hydrogen) atoms. The molecule has 0 N–H and O–H groups in total. The second kappa shape index (κ2) is 9.70. The second-order valence-electron chi connectivity index (χ2n) is 9.75. The maximum absolute atomic E-state index is 6.22. The van der Waals surface area contributed by atoms with Gasteiger partial charge in [0.1, 0.15) is 11.5 Å². The van der Waals surface area contributed by atoms with Crippen molar-refractivity contribution in [1.82, 2.24) is 0 Å². The van der Waals surface area contributed by atoms with Gasteiger partial charge in [0.15, 0.2) is 0 Å². The van der Waals surface area contributed by atoms with Gasteiger partial charge in [0.05, 0.1) is 13.2 Å². The normalized spacial score (nSPS) is 13.6. The molecule has 0 amide bonds. The van der Waals surface area contributed by atoms with Gasteiger partial charge in [-0.15, -0.1) is 0 Å². The molecule has 3 rings (SSSR count). The third-order valence-electron chi connectivity index (χ3n) is 6.08. The Kier molecular flexibility index (Phi) is 7.23. The van der Waals surface area contributed by atoms with E-state index < -0.39 is 0 Å². The van der Waals surface area contributed by atoms with E-state index in [0.29, 0.717) is 13.2 Å². The van der Waals surface area contributed by atoms with Crippen molar-refractivity contribution in [3.8, 4) is 11.5 Å². The first kappa shape index (κ1) is 23.1. The summed E-state index contributed by atoms with van der Waals surface area (Å²) in [5, 5.41) is 0. The molecule has 0 saturated carbocycles. The molecule has 1 unspecified atom stereocenters. The SMILES string of the molecule is CCC(C)(COCc1cccc(Oc2ccccc2)c1)c1ccc(C(C)(C)C)c(C)c1. The Balaban J connectivity index is 1.66. The van der Waals surface area contributed by atoms with Crippen molar-refractivity contribution in [3.05, 3.63) is 95.1 Å². The Morgan fingerprint density at radius 2 is 1.48 bits per heavy atom. The summed E-state index contributed by atoms with van der Waals surface area (Å²) in [5.74, 6) is 1.67. The van der Waals surface area contributed by atoms with E-state index in [2.05, 4.69) is 71.9 Å². The van der Waals surface area contributed by atoms with Gasteiger partial charge in [-0.25, -0.2) is 0 Å². The van der Waals surface area contributed by atoms with Crippen LogP contribution in [0.5, 0.6) is 11.5 Å². The molecule has 0 fully saturated rings. The minimum atomic E-state index is -0.0146. The molecule has 0 saturated heterocycles. The largest absolute Gasteiger partial charge is 0.457 e. The van der Waals surface area contributed by atoms with Crippen LogP contribution in [0.15, 0.2) is 72.8 Å². The molecule has 2 nitrogen and oxygen atoms in total. The predicted octanol–water partition coefficient (Wildman–Crippen LogP) is 7.97. The second-order valence-corrected chi connectivity index (χ2v) is 9.75. The Morgan fingerprint density at radius 3 is 2.13 bits per heavy atom. The van der Waals surface area contributed by atoms with Crippen LogP contribution in [0.4, 0.5) is 0 Å². The first-order chi connectivity index (χ1) is 14.7. The molecule has 0 aromatic heterocycles. The van der Waals surface area contributed by atoms with E-state index in [9.17, 15) is 0 Å². The molecule has 3 aromatic rings. The van der Waals surface area contributed by atoms with Crippen molar-refractivity contribution in [1.29, 1.82) is 0 Å². The molecule has 1 atom stereocenters. The lowest BCUT2D eigenvalue weighted by Crippen LogP contribution is -2.28. The van der Waals surface area contributed by atoms with Crippen molar-refractivity contribution in [3.63, 3.8) is 0 Å². The van der Waals surface area contributed by atoms with Crippen molar-refractivity contribution >= 4 is 0 Å². The van der Waals surface area contributed by atoms with Gasteiger partial charge in [0, 0.05) is 5.41 Å². The molecule has 0 aliphatic rings. The van der Waals surface area contributed by atoms with E-state index >= 15 is 0 Å². The Morgan fingerprint density at radius 1 is 0.774 bits per heavy atom. The highest BCUT2D eigenvalue weighted by Crippen LogP contribution is 2.33. The van der Waals surface area contributed by atoms with Gasteiger partial charge in [-0.05, 0) is 65.3 Å². The number of hydrogen-bond donors (Lipinski definition) is 0. The van der Waals surface area contributed by atoms with Gasteiger partial charge in [-0.1, -0.05) is 83.1 Å². The van der Waals surface area contributed by atoms with Crippen LogP contribution in [0.2, 0.25) is 0 Å². The summed E-state index contributed by atoms with van der Waals surface area (Å²) >= 11 is 0. The summed E-state index contributed by atoms with van der Waals surface area (Å²) in [6.07, 6.45) is 1.03. The van der Waals surface area contributed by atoms with Crippen LogP contribution < -0.4 is 4.74 Å². The molecule has 0 radical (unpaired) electrons. The van der Waals surface area contributed by atoms with Gasteiger partial charge >= 0.3 is 0 Å². The number of aryl methyl sites for hydroxylation is 1. The van der Waals surface area contributed by atoms with E-state index in [1.165, 1.54) is 16.7 Å². The van der Waals surface area contributed by atoms with Gasteiger partial charge in [-0.3, -0.25) is 0 Å². The third-order valence-corrected chi connectivity index (χ3v) is 6.08. The van der Waals surface area contributed by atoms with Gasteiger partial charge in [-0.2, -0.15) is 0 Å². The van der Waals surface area contributed by atoms with E-state index in [0.717, 1.165) is 23.5 Å². The zero-order chi connectivity index (χ0) is 22.5. The molecule has 2 heteroatoms. The molecule has 0 aliphatic carbocycles. The summed E-state index contributed by atoms with van der Waals surface area (Å²) in [5.41, 5.74) is 5.38. The standard InChI is InChI=1S/C29H36O2/c1-7-29(6,24-16-17-27(22(2)18-24)28(3,4)5)21-30-20-23-12-11-15-26(19-23)31-25-13-9-8-10-14-25/h8-19H,7,20-21H2,1-6H3. The fourth-order valence-electron chi connectivity index (χ4n) is 3.99. The molecular weight excluding hydrogens is 380 g/mol. The molecule has 0 aliphatic heterocycles. The van der Waals surface area contributed by atoms with Crippen LogP contribution in [0.25, 0.3) is 0 Å². The van der Waals surface area contributed by atoms with Crippen LogP contribution in [-0.2, 0) is 22.2 Å². The van der Waals surface area contributed by atoms with Crippen LogP contribution in [0, 0.1) is 6.92 Å². The number of hydrogen-bond acceptors (Lipinski definition) is 2. The fraction of sp³-hybridized carbons (Fsp3) is 0.379. The Labute approximate surface area is 188 Å². The predicted molar refractivity (Wildman–Crippen MR) is 130 cm³/mol. The minimum Gasteiger partial charge on any atom is -0.457 e. The zero-order valence-corrected chi connectivity index (χ0v) is 19.9. The lowest BCUT2D eigenvalue weighted by atomic mass is 9.77. The van der Waals surface area contributed by atoms with Crippen molar-refractivity contribution in [2.75, 3.05) is 6.61 Å². The Bertz CT molecular complexity index is 985. The molecule has 0 bridgehead atoms. The summed E-state index contributed by atoms with van der Waals surface area (Å²) in [4.78, 5) is 0. The first-order valence-electron chi connectivity index (χ1n) is 11.2. The average Bonchev–Trinajstić information content (AvgIpc) is 2.73. The van der Waals surface area contributed by atoms with E-state index in [4.69, 9.17) is 9.47 Å². The summed E-state index contributed by atoms with van der Waals surface area (Å²) < 4.78 is 12.2. The molecule has 164 valence electrons. The number of benzene rings is 3. The van der Waals surface area contributed by atoms with E-state index in [-0.39, 0.29) is 10.8 Å². The zero-order valence-electron chi connectivity index (χ0n) is 19.9. The van der Waals surface area contributed by atoms with Gasteiger partial charge in [0.25, 0.3) is 0 Å². The maximum atomic E-state index is 6.22. The van der Waals surface area contributed by atoms with E-state index in [1.54, 1.807) is 0 Å². The highest BCUT2D eigenvalue weighted by atomic mass is 16.5. The number of rotatable bonds is 8. The number of ether oxygens (including phenoxy) is 2. The third kappa shape index (κ3) is 5.98.